The molecule has 2 saturated heterocycles. The van der Waals surface area contributed by atoms with Crippen LogP contribution in [0.25, 0.3) is 0 Å². The number of benzene rings is 1. The van der Waals surface area contributed by atoms with Crippen LogP contribution in [0.15, 0.2) is 30.3 Å². The summed E-state index contributed by atoms with van der Waals surface area (Å²) in [5, 5.41) is 13.1. The number of aliphatic carboxylic acids is 1. The van der Waals surface area contributed by atoms with Gasteiger partial charge in [0.2, 0.25) is 0 Å². The van der Waals surface area contributed by atoms with Crippen LogP contribution in [0, 0.1) is 22.2 Å². The molecule has 2 heterocycles. The van der Waals surface area contributed by atoms with Crippen LogP contribution in [0.3, 0.4) is 0 Å². The zero-order valence-electron chi connectivity index (χ0n) is 21.9. The first-order valence-electron chi connectivity index (χ1n) is 13.3. The first kappa shape index (κ1) is 24.6. The molecule has 6 nitrogen and oxygen atoms in total. The van der Waals surface area contributed by atoms with E-state index in [1.165, 1.54) is 24.8 Å². The number of carbonyl (C=O) groups is 2. The third-order valence-electron chi connectivity index (χ3n) is 9.28. The molecule has 4 aliphatic carbocycles. The highest BCUT2D eigenvalue weighted by Gasteiger charge is 2.64. The van der Waals surface area contributed by atoms with Gasteiger partial charge >= 0.3 is 12.1 Å². The molecule has 7 rings (SSSR count). The average molecular weight is 483 g/mol. The van der Waals surface area contributed by atoms with E-state index in [1.54, 1.807) is 0 Å². The van der Waals surface area contributed by atoms with Gasteiger partial charge in [0.15, 0.2) is 0 Å². The van der Waals surface area contributed by atoms with Crippen LogP contribution in [0.5, 0.6) is 0 Å². The molecular formula is C29H42N2O4. The number of amides is 1. The van der Waals surface area contributed by atoms with E-state index < -0.39 is 11.4 Å². The molecule has 0 aromatic heterocycles. The van der Waals surface area contributed by atoms with Gasteiger partial charge in [0.1, 0.15) is 5.60 Å². The van der Waals surface area contributed by atoms with Crippen LogP contribution in [-0.2, 0) is 14.9 Å². The van der Waals surface area contributed by atoms with E-state index in [4.69, 9.17) is 4.74 Å². The van der Waals surface area contributed by atoms with Gasteiger partial charge in [-0.05, 0) is 88.0 Å². The summed E-state index contributed by atoms with van der Waals surface area (Å²) in [4.78, 5) is 25.6. The Balaban J connectivity index is 0.000000152. The summed E-state index contributed by atoms with van der Waals surface area (Å²) in [5.41, 5.74) is 1.24. The third kappa shape index (κ3) is 4.59. The Morgan fingerprint density at radius 2 is 1.77 bits per heavy atom. The molecule has 1 aromatic carbocycles. The number of carboxylic acids is 1. The summed E-state index contributed by atoms with van der Waals surface area (Å²) < 4.78 is 5.35. The number of likely N-dealkylation sites (tertiary alicyclic amines) is 1. The number of nitrogens with zero attached hydrogens (tertiary/aromatic N) is 1. The Kier molecular flexibility index (Phi) is 5.78. The smallest absolute Gasteiger partial charge is 0.410 e. The topological polar surface area (TPSA) is 78.9 Å². The summed E-state index contributed by atoms with van der Waals surface area (Å²) in [5.74, 6) is 0.0562. The van der Waals surface area contributed by atoms with Gasteiger partial charge in [0.25, 0.3) is 0 Å². The van der Waals surface area contributed by atoms with Crippen LogP contribution >= 0.6 is 0 Å². The zero-order valence-corrected chi connectivity index (χ0v) is 21.9. The third-order valence-corrected chi connectivity index (χ3v) is 9.28. The molecule has 4 saturated carbocycles. The Morgan fingerprint density at radius 3 is 2.31 bits per heavy atom. The Hall–Kier alpha value is -2.08. The number of rotatable bonds is 2. The first-order valence-corrected chi connectivity index (χ1v) is 13.3. The number of hydrogen-bond acceptors (Lipinski definition) is 4. The maximum absolute atomic E-state index is 12.0. The van der Waals surface area contributed by atoms with Crippen molar-refractivity contribution in [1.29, 1.82) is 0 Å². The minimum atomic E-state index is -0.548. The number of hydrogen-bond donors (Lipinski definition) is 2. The molecule has 192 valence electrons. The summed E-state index contributed by atoms with van der Waals surface area (Å²) >= 11 is 0. The van der Waals surface area contributed by atoms with Crippen molar-refractivity contribution in [2.45, 2.75) is 83.7 Å². The van der Waals surface area contributed by atoms with E-state index in [0.29, 0.717) is 11.3 Å². The Bertz CT molecular complexity index is 984. The monoisotopic (exact) mass is 482 g/mol. The minimum absolute atomic E-state index is 0.119. The Labute approximate surface area is 209 Å². The van der Waals surface area contributed by atoms with Crippen molar-refractivity contribution in [3.8, 4) is 0 Å². The Morgan fingerprint density at radius 1 is 1.06 bits per heavy atom. The molecule has 1 amide bonds. The fourth-order valence-electron chi connectivity index (χ4n) is 8.46. The maximum Gasteiger partial charge on any atom is 0.410 e. The predicted octanol–water partition coefficient (Wildman–Crippen LogP) is 5.22. The highest BCUT2D eigenvalue weighted by atomic mass is 16.6. The van der Waals surface area contributed by atoms with Crippen molar-refractivity contribution < 1.29 is 19.4 Å². The molecule has 2 N–H and O–H groups in total. The van der Waals surface area contributed by atoms with Gasteiger partial charge < -0.3 is 20.1 Å². The molecule has 35 heavy (non-hydrogen) atoms. The van der Waals surface area contributed by atoms with Gasteiger partial charge in [-0.1, -0.05) is 37.3 Å². The number of ether oxygens (including phenoxy) is 1. The van der Waals surface area contributed by atoms with E-state index in [1.807, 2.05) is 25.7 Å². The number of nitrogens with one attached hydrogen (secondary N) is 1. The van der Waals surface area contributed by atoms with E-state index in [2.05, 4.69) is 42.6 Å². The normalized spacial score (nSPS) is 36.3. The van der Waals surface area contributed by atoms with Crippen LogP contribution in [0.4, 0.5) is 4.79 Å². The SMILES string of the molecule is CC(C)(C)OC(=O)N1CCC2(CNC2)C1.CC12CC3CC(C(=O)O)(C1)CC(c1ccccc1)(C3)C2. The second kappa shape index (κ2) is 8.22. The second-order valence-corrected chi connectivity index (χ2v) is 13.8. The van der Waals surface area contributed by atoms with E-state index in [0.717, 1.165) is 51.9 Å². The summed E-state index contributed by atoms with van der Waals surface area (Å²) in [6.45, 7) is 11.8. The molecule has 2 aliphatic heterocycles. The largest absolute Gasteiger partial charge is 0.481 e. The molecule has 6 heteroatoms. The quantitative estimate of drug-likeness (QED) is 0.605. The number of carbonyl (C=O) groups excluding carboxylic acids is 1. The lowest BCUT2D eigenvalue weighted by Crippen LogP contribution is -2.60. The summed E-state index contributed by atoms with van der Waals surface area (Å²) in [7, 11) is 0. The lowest BCUT2D eigenvalue weighted by molar-refractivity contribution is -0.177. The van der Waals surface area contributed by atoms with Crippen LogP contribution in [0.1, 0.15) is 78.2 Å². The van der Waals surface area contributed by atoms with Gasteiger partial charge in [-0.15, -0.1) is 0 Å². The first-order chi connectivity index (χ1) is 16.4. The zero-order chi connectivity index (χ0) is 25.1. The highest BCUT2D eigenvalue weighted by molar-refractivity contribution is 5.76. The molecular weight excluding hydrogens is 440 g/mol. The predicted molar refractivity (Wildman–Crippen MR) is 135 cm³/mol. The van der Waals surface area contributed by atoms with Gasteiger partial charge in [0.05, 0.1) is 5.41 Å². The molecule has 6 aliphatic rings. The van der Waals surface area contributed by atoms with Gasteiger partial charge in [-0.25, -0.2) is 4.79 Å². The highest BCUT2D eigenvalue weighted by Crippen LogP contribution is 2.70. The molecule has 6 fully saturated rings. The van der Waals surface area contributed by atoms with Crippen molar-refractivity contribution >= 4 is 12.1 Å². The molecule has 4 atom stereocenters. The fraction of sp³-hybridized carbons (Fsp3) is 0.724. The molecule has 0 radical (unpaired) electrons. The molecule has 4 bridgehead atoms. The van der Waals surface area contributed by atoms with Crippen molar-refractivity contribution in [2.24, 2.45) is 22.2 Å². The van der Waals surface area contributed by atoms with Gasteiger partial charge in [0, 0.05) is 31.6 Å². The molecule has 1 spiro atoms. The number of carboxylic acid groups (broad SMARTS) is 1. The van der Waals surface area contributed by atoms with Crippen molar-refractivity contribution in [3.05, 3.63) is 35.9 Å². The van der Waals surface area contributed by atoms with E-state index in [-0.39, 0.29) is 22.5 Å². The van der Waals surface area contributed by atoms with Crippen LogP contribution < -0.4 is 5.32 Å². The lowest BCUT2D eigenvalue weighted by atomic mass is 9.39. The van der Waals surface area contributed by atoms with E-state index >= 15 is 0 Å². The lowest BCUT2D eigenvalue weighted by Gasteiger charge is -2.64. The van der Waals surface area contributed by atoms with Crippen molar-refractivity contribution in [1.82, 2.24) is 10.2 Å². The summed E-state index contributed by atoms with van der Waals surface area (Å²) in [6, 6.07) is 10.7. The van der Waals surface area contributed by atoms with Crippen LogP contribution in [0.2, 0.25) is 0 Å². The summed E-state index contributed by atoms with van der Waals surface area (Å²) in [6.07, 6.45) is 7.21. The van der Waals surface area contributed by atoms with E-state index in [9.17, 15) is 14.7 Å². The van der Waals surface area contributed by atoms with Gasteiger partial charge in [-0.2, -0.15) is 0 Å². The van der Waals surface area contributed by atoms with Crippen molar-refractivity contribution in [2.75, 3.05) is 26.2 Å². The standard InChI is InChI=1S/C18H22O2.C11H20N2O2/c1-16-7-13-8-17(10-16,14-5-3-2-4-6-14)12-18(9-13,11-16)15(19)20;1-10(2,3)15-9(14)13-5-4-11(8-13)6-12-7-11/h2-6,13H,7-12H2,1H3,(H,19,20);12H,4-8H2,1-3H3. The maximum atomic E-state index is 12.0. The van der Waals surface area contributed by atoms with Crippen LogP contribution in [-0.4, -0.2) is 53.8 Å². The second-order valence-electron chi connectivity index (χ2n) is 13.8. The minimum Gasteiger partial charge on any atom is -0.481 e. The van der Waals surface area contributed by atoms with Gasteiger partial charge in [-0.3, -0.25) is 4.79 Å². The molecule has 4 unspecified atom stereocenters. The fourth-order valence-corrected chi connectivity index (χ4v) is 8.46. The molecule has 1 aromatic rings. The average Bonchev–Trinajstić information content (AvgIpc) is 3.19. The van der Waals surface area contributed by atoms with Crippen molar-refractivity contribution in [3.63, 3.8) is 0 Å².